The third-order valence-corrected chi connectivity index (χ3v) is 5.18. The van der Waals surface area contributed by atoms with Crippen molar-refractivity contribution in [1.29, 1.82) is 0 Å². The summed E-state index contributed by atoms with van der Waals surface area (Å²) in [6, 6.07) is 0. The maximum absolute atomic E-state index is 6.43. The summed E-state index contributed by atoms with van der Waals surface area (Å²) in [6.45, 7) is 22.2. The van der Waals surface area contributed by atoms with Gasteiger partial charge in [0.05, 0.1) is 25.4 Å². The van der Waals surface area contributed by atoms with Crippen molar-refractivity contribution in [3.8, 4) is 0 Å². The van der Waals surface area contributed by atoms with Gasteiger partial charge in [-0.1, -0.05) is 48.5 Å². The summed E-state index contributed by atoms with van der Waals surface area (Å²) in [7, 11) is 0. The molecule has 0 amide bonds. The fraction of sp³-hybridized carbons (Fsp3) is 1.00. The van der Waals surface area contributed by atoms with Crippen LogP contribution in [0.15, 0.2) is 0 Å². The van der Waals surface area contributed by atoms with Crippen LogP contribution in [0.1, 0.15) is 75.2 Å². The van der Waals surface area contributed by atoms with Crippen LogP contribution in [0.3, 0.4) is 0 Å². The molecule has 0 aromatic rings. The third kappa shape index (κ3) is 5.85. The van der Waals surface area contributed by atoms with E-state index in [2.05, 4.69) is 62.3 Å². The first-order valence-electron chi connectivity index (χ1n) is 9.16. The molecule has 0 heterocycles. The van der Waals surface area contributed by atoms with Gasteiger partial charge in [-0.25, -0.2) is 0 Å². The highest BCUT2D eigenvalue weighted by Crippen LogP contribution is 2.49. The minimum Gasteiger partial charge on any atom is -0.376 e. The molecule has 0 radical (unpaired) electrons. The molecule has 2 atom stereocenters. The van der Waals surface area contributed by atoms with E-state index in [4.69, 9.17) is 9.47 Å². The Morgan fingerprint density at radius 2 is 1.32 bits per heavy atom. The van der Waals surface area contributed by atoms with E-state index in [0.717, 1.165) is 12.5 Å². The first-order valence-corrected chi connectivity index (χ1v) is 9.16. The molecule has 0 N–H and O–H groups in total. The fourth-order valence-electron chi connectivity index (χ4n) is 3.90. The lowest BCUT2D eigenvalue weighted by Gasteiger charge is -2.50. The van der Waals surface area contributed by atoms with Gasteiger partial charge in [0.25, 0.3) is 0 Å². The van der Waals surface area contributed by atoms with Gasteiger partial charge in [0.2, 0.25) is 0 Å². The van der Waals surface area contributed by atoms with E-state index >= 15 is 0 Å². The van der Waals surface area contributed by atoms with E-state index in [-0.39, 0.29) is 6.10 Å². The van der Waals surface area contributed by atoms with Crippen molar-refractivity contribution in [3.63, 3.8) is 0 Å². The van der Waals surface area contributed by atoms with Crippen molar-refractivity contribution in [2.75, 3.05) is 13.2 Å². The average Bonchev–Trinajstić information content (AvgIpc) is 2.32. The molecule has 0 aliphatic heterocycles. The SMILES string of the molecule is CC1CC(C(C)(C)C)C(OCCOC(C)C)C(C(C)(C)C)C1. The zero-order chi connectivity index (χ0) is 17.1. The van der Waals surface area contributed by atoms with Crippen LogP contribution in [-0.2, 0) is 9.47 Å². The summed E-state index contributed by atoms with van der Waals surface area (Å²) < 4.78 is 12.1. The second-order valence-electron chi connectivity index (χ2n) is 9.78. The fourth-order valence-corrected chi connectivity index (χ4v) is 3.90. The Hall–Kier alpha value is -0.0800. The van der Waals surface area contributed by atoms with Crippen LogP contribution < -0.4 is 0 Å². The van der Waals surface area contributed by atoms with Crippen molar-refractivity contribution < 1.29 is 9.47 Å². The summed E-state index contributed by atoms with van der Waals surface area (Å²) in [5, 5.41) is 0. The topological polar surface area (TPSA) is 18.5 Å². The Balaban J connectivity index is 2.84. The summed E-state index contributed by atoms with van der Waals surface area (Å²) in [4.78, 5) is 0. The van der Waals surface area contributed by atoms with E-state index in [0.29, 0.717) is 35.4 Å². The van der Waals surface area contributed by atoms with Crippen molar-refractivity contribution in [2.24, 2.45) is 28.6 Å². The van der Waals surface area contributed by atoms with E-state index in [1.54, 1.807) is 0 Å². The highest BCUT2D eigenvalue weighted by molar-refractivity contribution is 4.95. The second-order valence-corrected chi connectivity index (χ2v) is 9.78. The molecule has 132 valence electrons. The Morgan fingerprint density at radius 3 is 1.68 bits per heavy atom. The molecule has 2 heteroatoms. The lowest BCUT2D eigenvalue weighted by Crippen LogP contribution is -2.49. The predicted molar refractivity (Wildman–Crippen MR) is 95.1 cm³/mol. The third-order valence-electron chi connectivity index (χ3n) is 5.18. The molecule has 1 rings (SSSR count). The molecule has 0 saturated heterocycles. The van der Waals surface area contributed by atoms with Crippen molar-refractivity contribution in [1.82, 2.24) is 0 Å². The largest absolute Gasteiger partial charge is 0.376 e. The average molecular weight is 313 g/mol. The van der Waals surface area contributed by atoms with E-state index in [1.807, 2.05) is 0 Å². The lowest BCUT2D eigenvalue weighted by molar-refractivity contribution is -0.130. The van der Waals surface area contributed by atoms with E-state index in [1.165, 1.54) is 12.8 Å². The maximum atomic E-state index is 6.43. The molecule has 1 aliphatic carbocycles. The maximum Gasteiger partial charge on any atom is 0.0704 e. The molecule has 22 heavy (non-hydrogen) atoms. The lowest BCUT2D eigenvalue weighted by atomic mass is 9.59. The molecule has 1 saturated carbocycles. The van der Waals surface area contributed by atoms with Crippen molar-refractivity contribution in [2.45, 2.75) is 87.4 Å². The molecule has 0 spiro atoms. The van der Waals surface area contributed by atoms with Gasteiger partial charge in [-0.2, -0.15) is 0 Å². The van der Waals surface area contributed by atoms with Gasteiger partial charge in [-0.05, 0) is 55.3 Å². The number of hydrogen-bond acceptors (Lipinski definition) is 2. The van der Waals surface area contributed by atoms with Gasteiger partial charge in [-0.15, -0.1) is 0 Å². The highest BCUT2D eigenvalue weighted by Gasteiger charge is 2.46. The van der Waals surface area contributed by atoms with Crippen molar-refractivity contribution in [3.05, 3.63) is 0 Å². The summed E-state index contributed by atoms with van der Waals surface area (Å²) >= 11 is 0. The molecule has 1 aliphatic rings. The molecule has 2 unspecified atom stereocenters. The Labute approximate surface area is 139 Å². The molecule has 0 aromatic carbocycles. The number of rotatable bonds is 5. The van der Waals surface area contributed by atoms with E-state index in [9.17, 15) is 0 Å². The van der Waals surface area contributed by atoms with Gasteiger partial charge < -0.3 is 9.47 Å². The van der Waals surface area contributed by atoms with Crippen LogP contribution in [-0.4, -0.2) is 25.4 Å². The molecular weight excluding hydrogens is 272 g/mol. The highest BCUT2D eigenvalue weighted by atomic mass is 16.5. The smallest absolute Gasteiger partial charge is 0.0704 e. The van der Waals surface area contributed by atoms with Crippen LogP contribution in [0.25, 0.3) is 0 Å². The van der Waals surface area contributed by atoms with Gasteiger partial charge in [0.1, 0.15) is 0 Å². The molecule has 0 aromatic heterocycles. The molecule has 0 bridgehead atoms. The Morgan fingerprint density at radius 1 is 0.864 bits per heavy atom. The first kappa shape index (κ1) is 20.0. The van der Waals surface area contributed by atoms with Crippen LogP contribution in [0.2, 0.25) is 0 Å². The summed E-state index contributed by atoms with van der Waals surface area (Å²) in [5.74, 6) is 2.04. The Bertz CT molecular complexity index is 298. The second kappa shape index (κ2) is 7.66. The molecule has 2 nitrogen and oxygen atoms in total. The van der Waals surface area contributed by atoms with Gasteiger partial charge in [-0.3, -0.25) is 0 Å². The monoisotopic (exact) mass is 312 g/mol. The predicted octanol–water partition coefficient (Wildman–Crippen LogP) is 5.55. The quantitative estimate of drug-likeness (QED) is 0.619. The zero-order valence-corrected chi connectivity index (χ0v) is 16.5. The summed E-state index contributed by atoms with van der Waals surface area (Å²) in [5.41, 5.74) is 0.587. The standard InChI is InChI=1S/C20H40O2/c1-14(2)21-10-11-22-18-16(19(4,5)6)12-15(3)13-17(18)20(7,8)9/h14-18H,10-13H2,1-9H3. The van der Waals surface area contributed by atoms with Crippen LogP contribution in [0.5, 0.6) is 0 Å². The number of hydrogen-bond donors (Lipinski definition) is 0. The normalized spacial score (nSPS) is 30.8. The minimum atomic E-state index is 0.284. The van der Waals surface area contributed by atoms with Crippen LogP contribution >= 0.6 is 0 Å². The Kier molecular flexibility index (Phi) is 6.95. The van der Waals surface area contributed by atoms with Crippen LogP contribution in [0, 0.1) is 28.6 Å². The first-order chi connectivity index (χ1) is 9.93. The van der Waals surface area contributed by atoms with Gasteiger partial charge >= 0.3 is 0 Å². The van der Waals surface area contributed by atoms with Crippen LogP contribution in [0.4, 0.5) is 0 Å². The van der Waals surface area contributed by atoms with Gasteiger partial charge in [0, 0.05) is 0 Å². The van der Waals surface area contributed by atoms with E-state index < -0.39 is 0 Å². The molecular formula is C20H40O2. The minimum absolute atomic E-state index is 0.284. The van der Waals surface area contributed by atoms with Crippen molar-refractivity contribution >= 4 is 0 Å². The number of ether oxygens (including phenoxy) is 2. The van der Waals surface area contributed by atoms with Gasteiger partial charge in [0.15, 0.2) is 0 Å². The molecule has 1 fully saturated rings. The summed E-state index contributed by atoms with van der Waals surface area (Å²) in [6.07, 6.45) is 3.20. The zero-order valence-electron chi connectivity index (χ0n) is 16.5.